The second-order valence-corrected chi connectivity index (χ2v) is 7.54. The molecule has 0 aromatic heterocycles. The third-order valence-corrected chi connectivity index (χ3v) is 5.78. The van der Waals surface area contributed by atoms with Crippen LogP contribution in [0.1, 0.15) is 44.9 Å². The quantitative estimate of drug-likeness (QED) is 0.715. The Morgan fingerprint density at radius 1 is 1.04 bits per heavy atom. The van der Waals surface area contributed by atoms with Crippen LogP contribution in [0.15, 0.2) is 0 Å². The number of carbonyl (C=O) groups excluding carboxylic acids is 3. The van der Waals surface area contributed by atoms with Gasteiger partial charge in [-0.15, -0.1) is 0 Å². The van der Waals surface area contributed by atoms with E-state index in [4.69, 9.17) is 4.74 Å². The fraction of sp³-hybridized carbons (Fsp3) is 0.824. The predicted octanol–water partition coefficient (Wildman–Crippen LogP) is 0.998. The number of hydrogen-bond acceptors (Lipinski definition) is 4. The van der Waals surface area contributed by atoms with Gasteiger partial charge in [-0.2, -0.15) is 0 Å². The highest BCUT2D eigenvalue weighted by Crippen LogP contribution is 2.60. The number of rotatable bonds is 6. The molecule has 0 heterocycles. The van der Waals surface area contributed by atoms with Crippen molar-refractivity contribution in [1.82, 2.24) is 10.6 Å². The fourth-order valence-corrected chi connectivity index (χ4v) is 5.14. The van der Waals surface area contributed by atoms with E-state index in [0.29, 0.717) is 0 Å². The molecule has 4 fully saturated rings. The normalized spacial score (nSPS) is 34.0. The van der Waals surface area contributed by atoms with Crippen molar-refractivity contribution < 1.29 is 19.1 Å². The number of nitrogens with one attached hydrogen (secondary N) is 2. The zero-order chi connectivity index (χ0) is 16.4. The maximum Gasteiger partial charge on any atom is 0.308 e. The number of esters is 1. The van der Waals surface area contributed by atoms with E-state index < -0.39 is 5.97 Å². The van der Waals surface area contributed by atoms with Gasteiger partial charge in [-0.1, -0.05) is 0 Å². The van der Waals surface area contributed by atoms with Crippen LogP contribution >= 0.6 is 0 Å². The molecule has 4 aliphatic carbocycles. The third-order valence-electron chi connectivity index (χ3n) is 5.78. The Hall–Kier alpha value is -1.59. The van der Waals surface area contributed by atoms with Crippen LogP contribution in [0.4, 0.5) is 0 Å². The Bertz CT molecular complexity index is 468. The lowest BCUT2D eigenvalue weighted by Crippen LogP contribution is -2.53. The fourth-order valence-electron chi connectivity index (χ4n) is 5.14. The summed E-state index contributed by atoms with van der Waals surface area (Å²) in [6, 6.07) is 0. The van der Waals surface area contributed by atoms with Crippen LogP contribution in [0.25, 0.3) is 0 Å². The highest BCUT2D eigenvalue weighted by atomic mass is 16.5. The first-order valence-corrected chi connectivity index (χ1v) is 8.65. The Kier molecular flexibility index (Phi) is 4.60. The van der Waals surface area contributed by atoms with E-state index in [2.05, 4.69) is 10.6 Å². The molecule has 0 unspecified atom stereocenters. The van der Waals surface area contributed by atoms with E-state index >= 15 is 0 Å². The standard InChI is InChI=1S/C17H26N2O4/c1-18-14(20)10-23-15(21)2-3-19-16(22)17-7-11-4-12(8-17)6-13(5-11)9-17/h11-13H,2-10H2,1H3,(H,18,20)(H,19,22). The first kappa shape index (κ1) is 16.3. The SMILES string of the molecule is CNC(=O)COC(=O)CCNC(=O)C12CC3CC(CC(C3)C1)C2. The average molecular weight is 322 g/mol. The molecular weight excluding hydrogens is 296 g/mol. The van der Waals surface area contributed by atoms with Gasteiger partial charge in [-0.25, -0.2) is 0 Å². The van der Waals surface area contributed by atoms with Crippen molar-refractivity contribution in [3.05, 3.63) is 0 Å². The van der Waals surface area contributed by atoms with Crippen molar-refractivity contribution in [2.24, 2.45) is 23.2 Å². The summed E-state index contributed by atoms with van der Waals surface area (Å²) in [5.74, 6) is 1.50. The summed E-state index contributed by atoms with van der Waals surface area (Å²) in [5, 5.41) is 5.31. The number of amides is 2. The molecule has 2 amide bonds. The molecule has 0 radical (unpaired) electrons. The lowest BCUT2D eigenvalue weighted by molar-refractivity contribution is -0.149. The minimum Gasteiger partial charge on any atom is -0.456 e. The Morgan fingerprint density at radius 3 is 2.13 bits per heavy atom. The van der Waals surface area contributed by atoms with Gasteiger partial charge in [0.2, 0.25) is 5.91 Å². The van der Waals surface area contributed by atoms with Crippen LogP contribution in [0.5, 0.6) is 0 Å². The van der Waals surface area contributed by atoms with Gasteiger partial charge in [0.15, 0.2) is 6.61 Å². The highest BCUT2D eigenvalue weighted by molar-refractivity contribution is 5.84. The van der Waals surface area contributed by atoms with Crippen LogP contribution < -0.4 is 10.6 Å². The molecule has 0 aromatic rings. The first-order valence-electron chi connectivity index (χ1n) is 8.65. The van der Waals surface area contributed by atoms with Gasteiger partial charge in [-0.3, -0.25) is 14.4 Å². The highest BCUT2D eigenvalue weighted by Gasteiger charge is 2.54. The molecule has 0 aromatic carbocycles. The third kappa shape index (κ3) is 3.51. The smallest absolute Gasteiger partial charge is 0.308 e. The predicted molar refractivity (Wildman–Crippen MR) is 83.3 cm³/mol. The lowest BCUT2D eigenvalue weighted by Gasteiger charge is -2.55. The Morgan fingerprint density at radius 2 is 1.61 bits per heavy atom. The molecule has 0 spiro atoms. The summed E-state index contributed by atoms with van der Waals surface area (Å²) >= 11 is 0. The minimum absolute atomic E-state index is 0.106. The summed E-state index contributed by atoms with van der Waals surface area (Å²) in [7, 11) is 1.49. The topological polar surface area (TPSA) is 84.5 Å². The molecule has 0 saturated heterocycles. The van der Waals surface area contributed by atoms with Crippen molar-refractivity contribution in [2.75, 3.05) is 20.2 Å². The molecule has 0 aliphatic heterocycles. The molecular formula is C17H26N2O4. The van der Waals surface area contributed by atoms with Crippen LogP contribution in [-0.4, -0.2) is 38.0 Å². The minimum atomic E-state index is -0.459. The van der Waals surface area contributed by atoms with Gasteiger partial charge < -0.3 is 15.4 Å². The van der Waals surface area contributed by atoms with Gasteiger partial charge >= 0.3 is 5.97 Å². The monoisotopic (exact) mass is 322 g/mol. The van der Waals surface area contributed by atoms with Crippen molar-refractivity contribution in [3.63, 3.8) is 0 Å². The zero-order valence-corrected chi connectivity index (χ0v) is 13.7. The molecule has 4 saturated carbocycles. The molecule has 6 heteroatoms. The first-order chi connectivity index (χ1) is 11.0. The summed E-state index contributed by atoms with van der Waals surface area (Å²) in [6.45, 7) is 0.0193. The molecule has 6 nitrogen and oxygen atoms in total. The molecule has 4 bridgehead atoms. The van der Waals surface area contributed by atoms with Crippen LogP contribution in [0.2, 0.25) is 0 Å². The van der Waals surface area contributed by atoms with Crippen LogP contribution in [0.3, 0.4) is 0 Å². The number of hydrogen-bond donors (Lipinski definition) is 2. The van der Waals surface area contributed by atoms with E-state index in [9.17, 15) is 14.4 Å². The zero-order valence-electron chi connectivity index (χ0n) is 13.7. The molecule has 23 heavy (non-hydrogen) atoms. The molecule has 4 aliphatic rings. The second-order valence-electron chi connectivity index (χ2n) is 7.54. The average Bonchev–Trinajstić information content (AvgIpc) is 2.51. The number of ether oxygens (including phenoxy) is 1. The van der Waals surface area contributed by atoms with E-state index in [0.717, 1.165) is 37.0 Å². The van der Waals surface area contributed by atoms with Crippen molar-refractivity contribution in [2.45, 2.75) is 44.9 Å². The number of likely N-dealkylation sites (N-methyl/N-ethyl adjacent to an activating group) is 1. The van der Waals surface area contributed by atoms with E-state index in [1.165, 1.54) is 26.3 Å². The van der Waals surface area contributed by atoms with Gasteiger partial charge in [0.25, 0.3) is 5.91 Å². The summed E-state index contributed by atoms with van der Waals surface area (Å²) < 4.78 is 4.82. The van der Waals surface area contributed by atoms with Gasteiger partial charge in [0.05, 0.1) is 6.42 Å². The van der Waals surface area contributed by atoms with E-state index in [1.807, 2.05) is 0 Å². The largest absolute Gasteiger partial charge is 0.456 e. The summed E-state index contributed by atoms with van der Waals surface area (Å²) in [6.07, 6.45) is 7.08. The van der Waals surface area contributed by atoms with Gasteiger partial charge in [0, 0.05) is 19.0 Å². The Balaban J connectivity index is 1.43. The molecule has 128 valence electrons. The maximum absolute atomic E-state index is 12.7. The van der Waals surface area contributed by atoms with Crippen LogP contribution in [-0.2, 0) is 19.1 Å². The lowest BCUT2D eigenvalue weighted by atomic mass is 9.49. The molecule has 4 rings (SSSR count). The van der Waals surface area contributed by atoms with Crippen molar-refractivity contribution >= 4 is 17.8 Å². The van der Waals surface area contributed by atoms with Gasteiger partial charge in [0.1, 0.15) is 0 Å². The Labute approximate surface area is 136 Å². The van der Waals surface area contributed by atoms with Crippen molar-refractivity contribution in [3.8, 4) is 0 Å². The van der Waals surface area contributed by atoms with E-state index in [-0.39, 0.29) is 36.8 Å². The van der Waals surface area contributed by atoms with Crippen LogP contribution in [0, 0.1) is 23.2 Å². The number of carbonyl (C=O) groups is 3. The second kappa shape index (κ2) is 6.49. The summed E-state index contributed by atoms with van der Waals surface area (Å²) in [4.78, 5) is 35.2. The van der Waals surface area contributed by atoms with Crippen molar-refractivity contribution in [1.29, 1.82) is 0 Å². The molecule has 0 atom stereocenters. The van der Waals surface area contributed by atoms with E-state index in [1.54, 1.807) is 0 Å². The molecule has 2 N–H and O–H groups in total. The summed E-state index contributed by atoms with van der Waals surface area (Å²) in [5.41, 5.74) is -0.180. The maximum atomic E-state index is 12.7. The van der Waals surface area contributed by atoms with Gasteiger partial charge in [-0.05, 0) is 56.3 Å².